The fraction of sp³-hybridized carbons (Fsp3) is 0.357. The number of ether oxygens (including phenoxy) is 1. The second-order valence-corrected chi connectivity index (χ2v) is 6.04. The Morgan fingerprint density at radius 3 is 2.79 bits per heavy atom. The number of hydrogen-bond donors (Lipinski definition) is 0. The van der Waals surface area contributed by atoms with Gasteiger partial charge in [0.15, 0.2) is 0 Å². The minimum atomic E-state index is 0.0580. The van der Waals surface area contributed by atoms with Crippen LogP contribution < -0.4 is 4.74 Å². The lowest BCUT2D eigenvalue weighted by atomic mass is 10.2. The fourth-order valence-corrected chi connectivity index (χ4v) is 3.83. The van der Waals surface area contributed by atoms with Crippen LogP contribution in [-0.4, -0.2) is 31.0 Å². The number of rotatable bonds is 2. The monoisotopic (exact) mass is 295 g/mol. The highest BCUT2D eigenvalue weighted by Crippen LogP contribution is 2.38. The zero-order valence-corrected chi connectivity index (χ0v) is 12.2. The minimum Gasteiger partial charge on any atom is -0.497 e. The summed E-state index contributed by atoms with van der Waals surface area (Å²) in [7, 11) is 1.62. The minimum absolute atomic E-state index is 0.0580. The van der Waals surface area contributed by atoms with Gasteiger partial charge in [-0.1, -0.05) is 11.6 Å². The van der Waals surface area contributed by atoms with Crippen molar-refractivity contribution in [2.45, 2.75) is 12.8 Å². The number of halogens is 1. The molecule has 0 atom stereocenters. The van der Waals surface area contributed by atoms with E-state index in [4.69, 9.17) is 16.3 Å². The number of carbonyl (C=O) groups excluding carboxylic acids is 1. The van der Waals surface area contributed by atoms with Crippen molar-refractivity contribution >= 4 is 38.9 Å². The van der Waals surface area contributed by atoms with Crippen LogP contribution in [0.2, 0.25) is 5.02 Å². The molecule has 0 N–H and O–H groups in total. The second kappa shape index (κ2) is 5.02. The molecule has 1 amide bonds. The van der Waals surface area contributed by atoms with Gasteiger partial charge in [-0.3, -0.25) is 4.79 Å². The van der Waals surface area contributed by atoms with Crippen molar-refractivity contribution in [2.75, 3.05) is 20.2 Å². The molecule has 100 valence electrons. The number of benzene rings is 1. The van der Waals surface area contributed by atoms with E-state index in [1.807, 2.05) is 23.1 Å². The Bertz CT molecular complexity index is 632. The number of fused-ring (bicyclic) bond motifs is 1. The lowest BCUT2D eigenvalue weighted by Gasteiger charge is -2.13. The van der Waals surface area contributed by atoms with Crippen molar-refractivity contribution < 1.29 is 9.53 Å². The van der Waals surface area contributed by atoms with Crippen LogP contribution in [0.3, 0.4) is 0 Å². The summed E-state index contributed by atoms with van der Waals surface area (Å²) in [5, 5.41) is 1.45. The van der Waals surface area contributed by atoms with Crippen molar-refractivity contribution in [1.82, 2.24) is 4.90 Å². The van der Waals surface area contributed by atoms with E-state index in [-0.39, 0.29) is 5.91 Å². The normalized spacial score (nSPS) is 15.2. The zero-order chi connectivity index (χ0) is 13.4. The Balaban J connectivity index is 2.04. The number of thiophene rings is 1. The highest BCUT2D eigenvalue weighted by atomic mass is 35.5. The Kier molecular flexibility index (Phi) is 3.37. The maximum Gasteiger partial charge on any atom is 0.265 e. The van der Waals surface area contributed by atoms with Gasteiger partial charge in [0.1, 0.15) is 10.6 Å². The average molecular weight is 296 g/mol. The van der Waals surface area contributed by atoms with Gasteiger partial charge >= 0.3 is 0 Å². The van der Waals surface area contributed by atoms with Gasteiger partial charge in [0.2, 0.25) is 0 Å². The van der Waals surface area contributed by atoms with Gasteiger partial charge in [-0.25, -0.2) is 0 Å². The van der Waals surface area contributed by atoms with E-state index in [1.54, 1.807) is 7.11 Å². The highest BCUT2D eigenvalue weighted by Gasteiger charge is 2.24. The molecule has 1 aromatic heterocycles. The lowest BCUT2D eigenvalue weighted by Crippen LogP contribution is -2.26. The van der Waals surface area contributed by atoms with Gasteiger partial charge < -0.3 is 9.64 Å². The molecule has 0 radical (unpaired) electrons. The Labute approximate surface area is 120 Å². The van der Waals surface area contributed by atoms with E-state index >= 15 is 0 Å². The van der Waals surface area contributed by atoms with Crippen molar-refractivity contribution in [3.8, 4) is 5.75 Å². The SMILES string of the molecule is COc1ccc2sc(C(=O)N3CCCC3)c(Cl)c2c1. The summed E-state index contributed by atoms with van der Waals surface area (Å²) < 4.78 is 6.22. The zero-order valence-electron chi connectivity index (χ0n) is 10.6. The third-order valence-electron chi connectivity index (χ3n) is 3.42. The van der Waals surface area contributed by atoms with Gasteiger partial charge in [-0.2, -0.15) is 0 Å². The second-order valence-electron chi connectivity index (χ2n) is 4.61. The molecular weight excluding hydrogens is 282 g/mol. The van der Waals surface area contributed by atoms with Crippen molar-refractivity contribution in [3.05, 3.63) is 28.1 Å². The van der Waals surface area contributed by atoms with Crippen LogP contribution in [0.1, 0.15) is 22.5 Å². The van der Waals surface area contributed by atoms with Crippen LogP contribution in [0.15, 0.2) is 18.2 Å². The number of methoxy groups -OCH3 is 1. The molecule has 1 aliphatic heterocycles. The van der Waals surface area contributed by atoms with Gasteiger partial charge in [0.25, 0.3) is 5.91 Å². The topological polar surface area (TPSA) is 29.5 Å². The van der Waals surface area contributed by atoms with Crippen LogP contribution in [0, 0.1) is 0 Å². The van der Waals surface area contributed by atoms with E-state index < -0.39 is 0 Å². The van der Waals surface area contributed by atoms with Crippen LogP contribution in [0.4, 0.5) is 0 Å². The summed E-state index contributed by atoms with van der Waals surface area (Å²) in [6.07, 6.45) is 2.17. The maximum absolute atomic E-state index is 12.4. The number of hydrogen-bond acceptors (Lipinski definition) is 3. The first kappa shape index (κ1) is 12.8. The van der Waals surface area contributed by atoms with Gasteiger partial charge in [0, 0.05) is 23.2 Å². The molecule has 0 unspecified atom stereocenters. The first-order valence-electron chi connectivity index (χ1n) is 6.26. The summed E-state index contributed by atoms with van der Waals surface area (Å²) in [6, 6.07) is 5.72. The predicted octanol–water partition coefficient (Wildman–Crippen LogP) is 3.80. The van der Waals surface area contributed by atoms with E-state index in [1.165, 1.54) is 11.3 Å². The van der Waals surface area contributed by atoms with E-state index in [0.29, 0.717) is 9.90 Å². The molecule has 3 nitrogen and oxygen atoms in total. The highest BCUT2D eigenvalue weighted by molar-refractivity contribution is 7.21. The lowest BCUT2D eigenvalue weighted by molar-refractivity contribution is 0.0798. The van der Waals surface area contributed by atoms with E-state index in [9.17, 15) is 4.79 Å². The summed E-state index contributed by atoms with van der Waals surface area (Å²) in [5.41, 5.74) is 0. The third-order valence-corrected chi connectivity index (χ3v) is 5.09. The molecule has 19 heavy (non-hydrogen) atoms. The quantitative estimate of drug-likeness (QED) is 0.843. The van der Waals surface area contributed by atoms with Crippen molar-refractivity contribution in [1.29, 1.82) is 0 Å². The Morgan fingerprint density at radius 1 is 1.37 bits per heavy atom. The fourth-order valence-electron chi connectivity index (χ4n) is 2.38. The summed E-state index contributed by atoms with van der Waals surface area (Å²) in [5.74, 6) is 0.815. The average Bonchev–Trinajstić information content (AvgIpc) is 3.06. The standard InChI is InChI=1S/C14H14ClNO2S/c1-18-9-4-5-11-10(8-9)12(15)13(19-11)14(17)16-6-2-3-7-16/h4-5,8H,2-3,6-7H2,1H3. The summed E-state index contributed by atoms with van der Waals surface area (Å²) in [6.45, 7) is 1.68. The molecular formula is C14H14ClNO2S. The summed E-state index contributed by atoms with van der Waals surface area (Å²) in [4.78, 5) is 14.9. The molecule has 3 rings (SSSR count). The first-order chi connectivity index (χ1) is 9.20. The maximum atomic E-state index is 12.4. The number of amides is 1. The molecule has 1 aliphatic rings. The van der Waals surface area contributed by atoms with Crippen molar-refractivity contribution in [2.24, 2.45) is 0 Å². The molecule has 1 fully saturated rings. The Morgan fingerprint density at radius 2 is 2.11 bits per heavy atom. The van der Waals surface area contributed by atoms with Crippen LogP contribution in [-0.2, 0) is 0 Å². The third kappa shape index (κ3) is 2.19. The van der Waals surface area contributed by atoms with Gasteiger partial charge in [0.05, 0.1) is 12.1 Å². The molecule has 1 saturated heterocycles. The van der Waals surface area contributed by atoms with Gasteiger partial charge in [-0.15, -0.1) is 11.3 Å². The van der Waals surface area contributed by atoms with Crippen LogP contribution in [0.25, 0.3) is 10.1 Å². The molecule has 2 aromatic rings. The van der Waals surface area contributed by atoms with Gasteiger partial charge in [-0.05, 0) is 31.0 Å². The number of nitrogens with zero attached hydrogens (tertiary/aromatic N) is 1. The van der Waals surface area contributed by atoms with Crippen LogP contribution in [0.5, 0.6) is 5.75 Å². The smallest absolute Gasteiger partial charge is 0.265 e. The van der Waals surface area contributed by atoms with E-state index in [2.05, 4.69) is 0 Å². The predicted molar refractivity (Wildman–Crippen MR) is 78.5 cm³/mol. The number of likely N-dealkylation sites (tertiary alicyclic amines) is 1. The Hall–Kier alpha value is -1.26. The van der Waals surface area contributed by atoms with E-state index in [0.717, 1.165) is 41.8 Å². The largest absolute Gasteiger partial charge is 0.497 e. The molecule has 0 bridgehead atoms. The molecule has 2 heterocycles. The molecule has 5 heteroatoms. The molecule has 0 spiro atoms. The van der Waals surface area contributed by atoms with Crippen LogP contribution >= 0.6 is 22.9 Å². The first-order valence-corrected chi connectivity index (χ1v) is 7.45. The molecule has 0 aliphatic carbocycles. The summed E-state index contributed by atoms with van der Waals surface area (Å²) >= 11 is 7.83. The van der Waals surface area contributed by atoms with Crippen molar-refractivity contribution in [3.63, 3.8) is 0 Å². The number of carbonyl (C=O) groups is 1. The molecule has 0 saturated carbocycles. The molecule has 1 aromatic carbocycles.